The summed E-state index contributed by atoms with van der Waals surface area (Å²) in [6, 6.07) is 11.0. The fraction of sp³-hybridized carbons (Fsp3) is 0.238. The van der Waals surface area contributed by atoms with Crippen LogP contribution < -0.4 is 4.74 Å². The fourth-order valence-corrected chi connectivity index (χ4v) is 5.45. The maximum absolute atomic E-state index is 14.0. The molecule has 1 aliphatic heterocycles. The fourth-order valence-electron chi connectivity index (χ4n) is 3.79. The Balaban J connectivity index is 1.84. The number of hydrogen-bond acceptors (Lipinski definition) is 3. The molecule has 3 aromatic rings. The number of fused-ring (bicyclic) bond motifs is 1. The standard InChI is InChI=1S/C21H20F2N2O3S/c1-14-12-16(6-8-20(14)28-2)29(26,27)25-11-10-24-9-3-4-19(24)21(25)15-5-7-17(22)18(23)13-15/h3-9,12-13,21H,10-11H2,1-2H3. The van der Waals surface area contributed by atoms with Gasteiger partial charge in [-0.2, -0.15) is 4.31 Å². The summed E-state index contributed by atoms with van der Waals surface area (Å²) >= 11 is 0. The Hall–Kier alpha value is -2.71. The van der Waals surface area contributed by atoms with E-state index in [1.807, 2.05) is 16.8 Å². The van der Waals surface area contributed by atoms with Crippen LogP contribution in [0.5, 0.6) is 5.75 Å². The molecular weight excluding hydrogens is 398 g/mol. The van der Waals surface area contributed by atoms with Gasteiger partial charge in [0, 0.05) is 25.0 Å². The van der Waals surface area contributed by atoms with Gasteiger partial charge in [-0.1, -0.05) is 6.07 Å². The van der Waals surface area contributed by atoms with E-state index in [0.29, 0.717) is 29.1 Å². The average Bonchev–Trinajstić information content (AvgIpc) is 3.18. The normalized spacial score (nSPS) is 17.2. The molecule has 1 atom stereocenters. The van der Waals surface area contributed by atoms with Crippen LogP contribution in [0, 0.1) is 18.6 Å². The molecule has 0 radical (unpaired) electrons. The van der Waals surface area contributed by atoms with Crippen molar-refractivity contribution in [3.63, 3.8) is 0 Å². The quantitative estimate of drug-likeness (QED) is 0.646. The van der Waals surface area contributed by atoms with Crippen LogP contribution in [0.25, 0.3) is 0 Å². The Bertz CT molecular complexity index is 1170. The summed E-state index contributed by atoms with van der Waals surface area (Å²) in [7, 11) is -2.38. The second kappa shape index (κ2) is 7.27. The number of rotatable bonds is 4. The van der Waals surface area contributed by atoms with E-state index < -0.39 is 27.7 Å². The van der Waals surface area contributed by atoms with Crippen molar-refractivity contribution in [2.24, 2.45) is 0 Å². The molecule has 1 aliphatic rings. The topological polar surface area (TPSA) is 51.5 Å². The minimum Gasteiger partial charge on any atom is -0.496 e. The molecule has 152 valence electrons. The van der Waals surface area contributed by atoms with Crippen molar-refractivity contribution in [1.82, 2.24) is 8.87 Å². The van der Waals surface area contributed by atoms with Crippen molar-refractivity contribution in [2.45, 2.75) is 24.4 Å². The lowest BCUT2D eigenvalue weighted by molar-refractivity contribution is 0.297. The molecule has 0 bridgehead atoms. The van der Waals surface area contributed by atoms with Gasteiger partial charge in [0.05, 0.1) is 18.0 Å². The van der Waals surface area contributed by atoms with E-state index in [4.69, 9.17) is 4.74 Å². The molecule has 2 aromatic carbocycles. The summed E-state index contributed by atoms with van der Waals surface area (Å²) in [4.78, 5) is 0.128. The number of halogens is 2. The molecule has 0 saturated carbocycles. The van der Waals surface area contributed by atoms with E-state index in [1.54, 1.807) is 25.1 Å². The zero-order valence-electron chi connectivity index (χ0n) is 16.0. The highest BCUT2D eigenvalue weighted by Crippen LogP contribution is 2.37. The molecule has 8 heteroatoms. The molecule has 0 amide bonds. The van der Waals surface area contributed by atoms with Crippen molar-refractivity contribution < 1.29 is 21.9 Å². The number of ether oxygens (including phenoxy) is 1. The number of aromatic nitrogens is 1. The highest BCUT2D eigenvalue weighted by Gasteiger charge is 2.38. The van der Waals surface area contributed by atoms with Gasteiger partial charge in [0.1, 0.15) is 5.75 Å². The predicted molar refractivity (Wildman–Crippen MR) is 104 cm³/mol. The number of benzene rings is 2. The minimum atomic E-state index is -3.90. The van der Waals surface area contributed by atoms with Gasteiger partial charge in [-0.25, -0.2) is 17.2 Å². The van der Waals surface area contributed by atoms with Gasteiger partial charge < -0.3 is 9.30 Å². The van der Waals surface area contributed by atoms with Gasteiger partial charge in [0.25, 0.3) is 0 Å². The monoisotopic (exact) mass is 418 g/mol. The van der Waals surface area contributed by atoms with E-state index in [1.165, 1.54) is 23.5 Å². The Morgan fingerprint density at radius 2 is 1.83 bits per heavy atom. The van der Waals surface area contributed by atoms with E-state index in [9.17, 15) is 17.2 Å². The number of sulfonamides is 1. The summed E-state index contributed by atoms with van der Waals surface area (Å²) in [6.45, 7) is 2.45. The zero-order chi connectivity index (χ0) is 20.8. The van der Waals surface area contributed by atoms with Gasteiger partial charge in [-0.05, 0) is 60.5 Å². The summed E-state index contributed by atoms with van der Waals surface area (Å²) in [5.41, 5.74) is 1.77. The van der Waals surface area contributed by atoms with Crippen LogP contribution in [-0.4, -0.2) is 30.9 Å². The lowest BCUT2D eigenvalue weighted by Crippen LogP contribution is -2.42. The largest absolute Gasteiger partial charge is 0.496 e. The lowest BCUT2D eigenvalue weighted by atomic mass is 10.0. The maximum Gasteiger partial charge on any atom is 0.244 e. The molecule has 29 heavy (non-hydrogen) atoms. The maximum atomic E-state index is 14.0. The Morgan fingerprint density at radius 1 is 1.03 bits per heavy atom. The van der Waals surface area contributed by atoms with Gasteiger partial charge in [0.15, 0.2) is 11.6 Å². The third-order valence-corrected chi connectivity index (χ3v) is 7.09. The van der Waals surface area contributed by atoms with Crippen molar-refractivity contribution in [3.8, 4) is 5.75 Å². The van der Waals surface area contributed by atoms with Crippen molar-refractivity contribution >= 4 is 10.0 Å². The Kier molecular flexibility index (Phi) is 4.92. The van der Waals surface area contributed by atoms with Crippen LogP contribution in [-0.2, 0) is 16.6 Å². The molecule has 0 fully saturated rings. The Labute approximate surface area is 168 Å². The van der Waals surface area contributed by atoms with E-state index in [-0.39, 0.29) is 11.4 Å². The van der Waals surface area contributed by atoms with Gasteiger partial charge >= 0.3 is 0 Å². The van der Waals surface area contributed by atoms with Crippen LogP contribution in [0.2, 0.25) is 0 Å². The first-order valence-electron chi connectivity index (χ1n) is 9.09. The van der Waals surface area contributed by atoms with Crippen molar-refractivity contribution in [3.05, 3.63) is 83.2 Å². The number of methoxy groups -OCH3 is 1. The van der Waals surface area contributed by atoms with Crippen LogP contribution in [0.4, 0.5) is 8.78 Å². The molecule has 0 aliphatic carbocycles. The molecule has 1 unspecified atom stereocenters. The highest BCUT2D eigenvalue weighted by molar-refractivity contribution is 7.89. The summed E-state index contributed by atoms with van der Waals surface area (Å²) in [5, 5.41) is 0. The smallest absolute Gasteiger partial charge is 0.244 e. The molecule has 2 heterocycles. The van der Waals surface area contributed by atoms with Gasteiger partial charge in [-0.15, -0.1) is 0 Å². The van der Waals surface area contributed by atoms with Crippen LogP contribution in [0.1, 0.15) is 22.9 Å². The number of aryl methyl sites for hydroxylation is 1. The lowest BCUT2D eigenvalue weighted by Gasteiger charge is -2.36. The van der Waals surface area contributed by atoms with Crippen molar-refractivity contribution in [1.29, 1.82) is 0 Å². The third kappa shape index (κ3) is 3.32. The highest BCUT2D eigenvalue weighted by atomic mass is 32.2. The first-order chi connectivity index (χ1) is 13.8. The van der Waals surface area contributed by atoms with Crippen LogP contribution in [0.15, 0.2) is 59.6 Å². The summed E-state index contributed by atoms with van der Waals surface area (Å²) in [6.07, 6.45) is 1.85. The van der Waals surface area contributed by atoms with E-state index >= 15 is 0 Å². The van der Waals surface area contributed by atoms with Crippen LogP contribution in [0.3, 0.4) is 0 Å². The SMILES string of the molecule is COc1ccc(S(=O)(=O)N2CCn3cccc3C2c2ccc(F)c(F)c2)cc1C. The summed E-state index contributed by atoms with van der Waals surface area (Å²) < 4.78 is 63.0. The molecule has 5 nitrogen and oxygen atoms in total. The van der Waals surface area contributed by atoms with Gasteiger partial charge in [0.2, 0.25) is 10.0 Å². The van der Waals surface area contributed by atoms with Crippen LogP contribution >= 0.6 is 0 Å². The van der Waals surface area contributed by atoms with E-state index in [2.05, 4.69) is 0 Å². The second-order valence-electron chi connectivity index (χ2n) is 6.95. The number of nitrogens with zero attached hydrogens (tertiary/aromatic N) is 2. The molecule has 0 N–H and O–H groups in total. The molecule has 0 spiro atoms. The van der Waals surface area contributed by atoms with E-state index in [0.717, 1.165) is 12.1 Å². The molecule has 0 saturated heterocycles. The summed E-state index contributed by atoms with van der Waals surface area (Å²) in [5.74, 6) is -1.39. The number of hydrogen-bond donors (Lipinski definition) is 0. The third-order valence-electron chi connectivity index (χ3n) is 5.23. The zero-order valence-corrected chi connectivity index (χ0v) is 16.8. The molecular formula is C21H20F2N2O3S. The average molecular weight is 418 g/mol. The van der Waals surface area contributed by atoms with Crippen molar-refractivity contribution in [2.75, 3.05) is 13.7 Å². The molecule has 4 rings (SSSR count). The first kappa shape index (κ1) is 19.6. The minimum absolute atomic E-state index is 0.128. The van der Waals surface area contributed by atoms with Gasteiger partial charge in [-0.3, -0.25) is 0 Å². The Morgan fingerprint density at radius 3 is 2.52 bits per heavy atom. The second-order valence-corrected chi connectivity index (χ2v) is 8.84. The predicted octanol–water partition coefficient (Wildman–Crippen LogP) is 3.88. The molecule has 1 aromatic heterocycles. The first-order valence-corrected chi connectivity index (χ1v) is 10.5.